The van der Waals surface area contributed by atoms with E-state index in [1.807, 2.05) is 37.4 Å². The molecule has 3 aromatic rings. The van der Waals surface area contributed by atoms with Crippen LogP contribution in [0.25, 0.3) is 11.3 Å². The van der Waals surface area contributed by atoms with E-state index in [0.717, 1.165) is 22.5 Å². The van der Waals surface area contributed by atoms with Crippen LogP contribution in [0.5, 0.6) is 0 Å². The second-order valence-corrected chi connectivity index (χ2v) is 8.27. The number of amides is 1. The summed E-state index contributed by atoms with van der Waals surface area (Å²) in [5, 5.41) is 13.6. The van der Waals surface area contributed by atoms with Gasteiger partial charge >= 0.3 is 5.97 Å². The molecule has 30 heavy (non-hydrogen) atoms. The predicted molar refractivity (Wildman–Crippen MR) is 115 cm³/mol. The van der Waals surface area contributed by atoms with E-state index < -0.39 is 11.4 Å². The van der Waals surface area contributed by atoms with Crippen LogP contribution in [0, 0.1) is 0 Å². The van der Waals surface area contributed by atoms with Crippen molar-refractivity contribution in [3.05, 3.63) is 47.0 Å². The van der Waals surface area contributed by atoms with Crippen molar-refractivity contribution in [3.8, 4) is 11.3 Å². The van der Waals surface area contributed by atoms with Crippen LogP contribution >= 0.6 is 11.3 Å². The van der Waals surface area contributed by atoms with Crippen LogP contribution in [-0.2, 0) is 14.9 Å². The van der Waals surface area contributed by atoms with E-state index in [0.29, 0.717) is 10.9 Å². The molecule has 0 saturated heterocycles. The molecular formula is C21H21N5O3S. The van der Waals surface area contributed by atoms with E-state index >= 15 is 0 Å². The first-order valence-electron chi connectivity index (χ1n) is 9.47. The van der Waals surface area contributed by atoms with E-state index in [2.05, 4.69) is 20.5 Å². The number of nitrogens with zero attached hydrogens (tertiary/aromatic N) is 4. The highest BCUT2D eigenvalue weighted by molar-refractivity contribution is 7.14. The first-order chi connectivity index (χ1) is 14.3. The largest absolute Gasteiger partial charge is 0.461 e. The maximum atomic E-state index is 12.5. The summed E-state index contributed by atoms with van der Waals surface area (Å²) in [6.45, 7) is 5.90. The number of nitrogens with one attached hydrogen (secondary N) is 1. The van der Waals surface area contributed by atoms with Gasteiger partial charge in [-0.15, -0.1) is 21.5 Å². The van der Waals surface area contributed by atoms with Crippen molar-refractivity contribution in [2.24, 2.45) is 0 Å². The zero-order chi connectivity index (χ0) is 21.5. The Hall–Kier alpha value is -3.33. The monoisotopic (exact) mass is 423 g/mol. The average molecular weight is 423 g/mol. The van der Waals surface area contributed by atoms with Gasteiger partial charge in [-0.2, -0.15) is 0 Å². The highest BCUT2D eigenvalue weighted by atomic mass is 32.1. The smallest absolute Gasteiger partial charge is 0.358 e. The van der Waals surface area contributed by atoms with Gasteiger partial charge in [-0.25, -0.2) is 9.78 Å². The van der Waals surface area contributed by atoms with Crippen LogP contribution in [0.3, 0.4) is 0 Å². The summed E-state index contributed by atoms with van der Waals surface area (Å²) in [6.07, 6.45) is 0. The molecule has 1 N–H and O–H groups in total. The molecular weight excluding hydrogens is 402 g/mol. The second-order valence-electron chi connectivity index (χ2n) is 7.41. The van der Waals surface area contributed by atoms with E-state index in [9.17, 15) is 9.59 Å². The molecule has 3 heterocycles. The second kappa shape index (κ2) is 7.49. The lowest BCUT2D eigenvalue weighted by molar-refractivity contribution is -0.121. The fourth-order valence-corrected chi connectivity index (χ4v) is 4.15. The van der Waals surface area contributed by atoms with Crippen molar-refractivity contribution in [1.29, 1.82) is 0 Å². The van der Waals surface area contributed by atoms with Gasteiger partial charge in [0.2, 0.25) is 5.91 Å². The van der Waals surface area contributed by atoms with Gasteiger partial charge in [0.15, 0.2) is 16.6 Å². The summed E-state index contributed by atoms with van der Waals surface area (Å²) in [4.78, 5) is 30.5. The SMILES string of the molecule is CCOC(=O)c1ccc(Nc2nc(-c3ccc4c(c3)C(C)(C)C(=O)N4C)cs2)nn1. The van der Waals surface area contributed by atoms with Crippen LogP contribution < -0.4 is 10.2 Å². The Balaban J connectivity index is 1.54. The quantitative estimate of drug-likeness (QED) is 0.624. The van der Waals surface area contributed by atoms with Crippen molar-refractivity contribution in [2.75, 3.05) is 23.9 Å². The van der Waals surface area contributed by atoms with Gasteiger partial charge in [-0.3, -0.25) is 4.79 Å². The summed E-state index contributed by atoms with van der Waals surface area (Å²) in [7, 11) is 1.80. The Bertz CT molecular complexity index is 1120. The third-order valence-electron chi connectivity index (χ3n) is 5.05. The molecule has 0 unspecified atom stereocenters. The molecule has 8 nitrogen and oxygen atoms in total. The molecule has 0 fully saturated rings. The van der Waals surface area contributed by atoms with E-state index in [1.54, 1.807) is 31.0 Å². The Labute approximate surface area is 177 Å². The first kappa shape index (κ1) is 20.0. The van der Waals surface area contributed by atoms with Crippen molar-refractivity contribution >= 4 is 39.9 Å². The van der Waals surface area contributed by atoms with Crippen LogP contribution in [0.1, 0.15) is 36.8 Å². The fourth-order valence-electron chi connectivity index (χ4n) is 3.42. The zero-order valence-electron chi connectivity index (χ0n) is 17.1. The van der Waals surface area contributed by atoms with E-state index in [-0.39, 0.29) is 18.2 Å². The number of hydrogen-bond acceptors (Lipinski definition) is 8. The number of rotatable bonds is 5. The Morgan fingerprint density at radius 2 is 2.03 bits per heavy atom. The number of benzene rings is 1. The number of carbonyl (C=O) groups excluding carboxylic acids is 2. The van der Waals surface area contributed by atoms with Crippen LogP contribution in [0.4, 0.5) is 16.6 Å². The number of likely N-dealkylation sites (N-methyl/N-ethyl adjacent to an activating group) is 1. The number of esters is 1. The van der Waals surface area contributed by atoms with Gasteiger partial charge in [0.25, 0.3) is 0 Å². The highest BCUT2D eigenvalue weighted by Crippen LogP contribution is 2.42. The van der Waals surface area contributed by atoms with Gasteiger partial charge in [0, 0.05) is 23.7 Å². The molecule has 0 saturated carbocycles. The summed E-state index contributed by atoms with van der Waals surface area (Å²) in [5.74, 6) is 0.0584. The van der Waals surface area contributed by atoms with Crippen molar-refractivity contribution in [1.82, 2.24) is 15.2 Å². The third kappa shape index (κ3) is 3.41. The van der Waals surface area contributed by atoms with Gasteiger partial charge in [-0.05, 0) is 50.6 Å². The molecule has 1 aliphatic rings. The van der Waals surface area contributed by atoms with Gasteiger partial charge < -0.3 is 15.0 Å². The first-order valence-corrected chi connectivity index (χ1v) is 10.4. The average Bonchev–Trinajstić information content (AvgIpc) is 3.27. The molecule has 1 aromatic carbocycles. The standard InChI is InChI=1S/C21H21N5O3S/c1-5-29-18(27)14-7-9-17(25-24-14)23-20-22-15(11-30-20)12-6-8-16-13(10-12)21(2,3)19(28)26(16)4/h6-11H,5H2,1-4H3,(H,22,23,25). The highest BCUT2D eigenvalue weighted by Gasteiger charge is 2.42. The Morgan fingerprint density at radius 3 is 2.73 bits per heavy atom. The maximum absolute atomic E-state index is 12.5. The normalized spacial score (nSPS) is 14.5. The number of hydrogen-bond donors (Lipinski definition) is 1. The molecule has 154 valence electrons. The lowest BCUT2D eigenvalue weighted by Crippen LogP contribution is -2.33. The number of thiazole rings is 1. The minimum Gasteiger partial charge on any atom is -0.461 e. The van der Waals surface area contributed by atoms with Crippen LogP contribution in [0.15, 0.2) is 35.7 Å². The zero-order valence-corrected chi connectivity index (χ0v) is 17.9. The summed E-state index contributed by atoms with van der Waals surface area (Å²) in [5.41, 5.74) is 3.27. The molecule has 0 radical (unpaired) electrons. The minimum atomic E-state index is -0.562. The van der Waals surface area contributed by atoms with E-state index in [1.165, 1.54) is 11.3 Å². The summed E-state index contributed by atoms with van der Waals surface area (Å²) < 4.78 is 4.90. The number of carbonyl (C=O) groups is 2. The fraction of sp³-hybridized carbons (Fsp3) is 0.286. The molecule has 1 aliphatic heterocycles. The maximum Gasteiger partial charge on any atom is 0.358 e. The lowest BCUT2D eigenvalue weighted by Gasteiger charge is -2.16. The molecule has 9 heteroatoms. The van der Waals surface area contributed by atoms with Gasteiger partial charge in [0.05, 0.1) is 17.7 Å². The van der Waals surface area contributed by atoms with Crippen molar-refractivity contribution in [3.63, 3.8) is 0 Å². The third-order valence-corrected chi connectivity index (χ3v) is 5.81. The molecule has 0 atom stereocenters. The number of fused-ring (bicyclic) bond motifs is 1. The van der Waals surface area contributed by atoms with Crippen molar-refractivity contribution < 1.29 is 14.3 Å². The summed E-state index contributed by atoms with van der Waals surface area (Å²) >= 11 is 1.43. The van der Waals surface area contributed by atoms with Crippen LogP contribution in [-0.4, -0.2) is 40.7 Å². The molecule has 0 spiro atoms. The van der Waals surface area contributed by atoms with Crippen molar-refractivity contribution in [2.45, 2.75) is 26.2 Å². The molecule has 0 bridgehead atoms. The number of aromatic nitrogens is 3. The van der Waals surface area contributed by atoms with E-state index in [4.69, 9.17) is 4.74 Å². The predicted octanol–water partition coefficient (Wildman–Crippen LogP) is 3.77. The number of ether oxygens (including phenoxy) is 1. The van der Waals surface area contributed by atoms with Gasteiger partial charge in [0.1, 0.15) is 0 Å². The minimum absolute atomic E-state index is 0.0834. The molecule has 0 aliphatic carbocycles. The summed E-state index contributed by atoms with van der Waals surface area (Å²) in [6, 6.07) is 9.17. The Kier molecular flexibility index (Phi) is 4.98. The van der Waals surface area contributed by atoms with Gasteiger partial charge in [-0.1, -0.05) is 6.07 Å². The molecule has 2 aromatic heterocycles. The Morgan fingerprint density at radius 1 is 1.23 bits per heavy atom. The van der Waals surface area contributed by atoms with Crippen LogP contribution in [0.2, 0.25) is 0 Å². The number of anilines is 3. The topological polar surface area (TPSA) is 97.3 Å². The lowest BCUT2D eigenvalue weighted by atomic mass is 9.85. The molecule has 1 amide bonds. The molecule has 4 rings (SSSR count).